The van der Waals surface area contributed by atoms with Gasteiger partial charge in [0.25, 0.3) is 0 Å². The maximum Gasteiger partial charge on any atom is 0.244 e. The smallest absolute Gasteiger partial charge is 0.244 e. The zero-order valence-electron chi connectivity index (χ0n) is 16.2. The van der Waals surface area contributed by atoms with Crippen LogP contribution in [-0.2, 0) is 14.8 Å². The van der Waals surface area contributed by atoms with Crippen molar-refractivity contribution in [2.45, 2.75) is 30.7 Å². The highest BCUT2D eigenvalue weighted by Crippen LogP contribution is 2.25. The molecule has 0 atom stereocenters. The van der Waals surface area contributed by atoms with Crippen LogP contribution < -0.4 is 10.1 Å². The molecule has 9 heteroatoms. The number of hydrogen-bond donors (Lipinski definition) is 1. The first-order valence-electron chi connectivity index (χ1n) is 9.03. The lowest BCUT2D eigenvalue weighted by molar-refractivity contribution is -0.113. The lowest BCUT2D eigenvalue weighted by atomic mass is 10.3. The molecule has 1 N–H and O–H groups in total. The second-order valence-corrected chi connectivity index (χ2v) is 8.62. The van der Waals surface area contributed by atoms with Crippen LogP contribution in [0, 0.1) is 0 Å². The Hall–Kier alpha value is -2.10. The van der Waals surface area contributed by atoms with E-state index in [1.165, 1.54) is 28.3 Å². The first-order valence-corrected chi connectivity index (χ1v) is 11.5. The van der Waals surface area contributed by atoms with Gasteiger partial charge < -0.3 is 10.1 Å². The van der Waals surface area contributed by atoms with Crippen LogP contribution in [0.3, 0.4) is 0 Å². The number of nitrogens with one attached hydrogen (secondary N) is 1. The van der Waals surface area contributed by atoms with Crippen molar-refractivity contribution < 1.29 is 17.9 Å². The summed E-state index contributed by atoms with van der Waals surface area (Å²) in [6.45, 7) is 6.78. The van der Waals surface area contributed by atoms with E-state index in [-0.39, 0.29) is 16.6 Å². The van der Waals surface area contributed by atoms with Crippen molar-refractivity contribution in [3.05, 3.63) is 42.6 Å². The van der Waals surface area contributed by atoms with Gasteiger partial charge in [-0.3, -0.25) is 4.79 Å². The average molecular weight is 424 g/mol. The van der Waals surface area contributed by atoms with E-state index in [0.717, 1.165) is 0 Å². The summed E-state index contributed by atoms with van der Waals surface area (Å²) in [4.78, 5) is 16.5. The van der Waals surface area contributed by atoms with Crippen molar-refractivity contribution in [1.29, 1.82) is 0 Å². The highest BCUT2D eigenvalue weighted by atomic mass is 32.2. The Bertz CT molecular complexity index is 882. The lowest BCUT2D eigenvalue weighted by Gasteiger charge is -2.18. The average Bonchev–Trinajstić information content (AvgIpc) is 2.69. The molecule has 0 unspecified atom stereocenters. The number of thioether (sulfide) groups is 1. The molecule has 2 rings (SSSR count). The number of sulfonamides is 1. The van der Waals surface area contributed by atoms with E-state index in [1.807, 2.05) is 19.1 Å². The van der Waals surface area contributed by atoms with Crippen molar-refractivity contribution in [2.75, 3.05) is 30.8 Å². The minimum Gasteiger partial charge on any atom is -0.492 e. The molecule has 0 spiro atoms. The number of rotatable bonds is 10. The fraction of sp³-hybridized carbons (Fsp3) is 0.368. The summed E-state index contributed by atoms with van der Waals surface area (Å²) in [7, 11) is -3.53. The summed E-state index contributed by atoms with van der Waals surface area (Å²) < 4.78 is 31.8. The predicted octanol–water partition coefficient (Wildman–Crippen LogP) is 3.24. The van der Waals surface area contributed by atoms with Gasteiger partial charge in [-0.15, -0.1) is 0 Å². The summed E-state index contributed by atoms with van der Waals surface area (Å²) >= 11 is 1.23. The molecular weight excluding hydrogens is 398 g/mol. The summed E-state index contributed by atoms with van der Waals surface area (Å²) in [6.07, 6.45) is 1.33. The minimum absolute atomic E-state index is 0.148. The third kappa shape index (κ3) is 5.70. The summed E-state index contributed by atoms with van der Waals surface area (Å²) in [5, 5.41) is 3.39. The number of carbonyl (C=O) groups excluding carboxylic acids is 1. The Kier molecular flexibility index (Phi) is 8.28. The minimum atomic E-state index is -3.53. The molecule has 0 aliphatic carbocycles. The van der Waals surface area contributed by atoms with Gasteiger partial charge in [-0.1, -0.05) is 37.7 Å². The van der Waals surface area contributed by atoms with E-state index in [0.29, 0.717) is 36.2 Å². The number of nitrogens with zero attached hydrogens (tertiary/aromatic N) is 2. The lowest BCUT2D eigenvalue weighted by Crippen LogP contribution is -2.30. The van der Waals surface area contributed by atoms with Crippen LogP contribution in [0.25, 0.3) is 0 Å². The fourth-order valence-corrected chi connectivity index (χ4v) is 4.54. The zero-order valence-corrected chi connectivity index (χ0v) is 17.8. The van der Waals surface area contributed by atoms with Gasteiger partial charge in [0.2, 0.25) is 15.9 Å². The van der Waals surface area contributed by atoms with Crippen LogP contribution in [0.2, 0.25) is 0 Å². The molecule has 0 saturated carbocycles. The Labute approximate surface area is 170 Å². The Morgan fingerprint density at radius 2 is 1.86 bits per heavy atom. The number of para-hydroxylation sites is 2. The number of ether oxygens (including phenoxy) is 1. The molecule has 1 amide bonds. The largest absolute Gasteiger partial charge is 0.492 e. The van der Waals surface area contributed by atoms with Crippen LogP contribution in [0.1, 0.15) is 20.8 Å². The number of anilines is 1. The second kappa shape index (κ2) is 10.4. The van der Waals surface area contributed by atoms with Gasteiger partial charge in [0.05, 0.1) is 23.1 Å². The summed E-state index contributed by atoms with van der Waals surface area (Å²) in [6, 6.07) is 10.4. The molecule has 0 aliphatic rings. The maximum atomic E-state index is 12.5. The number of hydrogen-bond acceptors (Lipinski definition) is 6. The molecule has 0 aliphatic heterocycles. The monoisotopic (exact) mass is 423 g/mol. The second-order valence-electron chi connectivity index (χ2n) is 5.69. The van der Waals surface area contributed by atoms with Crippen molar-refractivity contribution >= 4 is 33.4 Å². The van der Waals surface area contributed by atoms with Gasteiger partial charge in [0, 0.05) is 19.3 Å². The van der Waals surface area contributed by atoms with E-state index in [9.17, 15) is 13.2 Å². The van der Waals surface area contributed by atoms with Gasteiger partial charge in [-0.2, -0.15) is 4.31 Å². The molecule has 152 valence electrons. The van der Waals surface area contributed by atoms with Crippen LogP contribution >= 0.6 is 11.8 Å². The van der Waals surface area contributed by atoms with Crippen LogP contribution in [-0.4, -0.2) is 49.1 Å². The quantitative estimate of drug-likeness (QED) is 0.590. The highest BCUT2D eigenvalue weighted by molar-refractivity contribution is 7.99. The molecule has 1 aromatic carbocycles. The van der Waals surface area contributed by atoms with E-state index in [1.54, 1.807) is 32.0 Å². The third-order valence-corrected chi connectivity index (χ3v) is 6.84. The van der Waals surface area contributed by atoms with E-state index in [2.05, 4.69) is 10.3 Å². The normalized spacial score (nSPS) is 11.4. The Balaban J connectivity index is 1.97. The zero-order chi connectivity index (χ0) is 20.6. The van der Waals surface area contributed by atoms with Gasteiger partial charge in [-0.25, -0.2) is 13.4 Å². The van der Waals surface area contributed by atoms with Crippen LogP contribution in [0.4, 0.5) is 5.69 Å². The summed E-state index contributed by atoms with van der Waals surface area (Å²) in [5.41, 5.74) is 0.614. The van der Waals surface area contributed by atoms with Gasteiger partial charge in [0.1, 0.15) is 10.6 Å². The fourth-order valence-electron chi connectivity index (χ4n) is 2.49. The topological polar surface area (TPSA) is 88.6 Å². The molecule has 0 saturated heterocycles. The molecule has 1 heterocycles. The number of aromatic nitrogens is 1. The standard InChI is InChI=1S/C19H25N3O4S2/c1-4-22(5-2)28(24,25)15-11-12-19(20-13-15)27-14-18(23)21-16-9-7-8-10-17(16)26-6-3/h7-13H,4-6,14H2,1-3H3,(H,21,23). The molecular formula is C19H25N3O4S2. The highest BCUT2D eigenvalue weighted by Gasteiger charge is 2.21. The first kappa shape index (κ1) is 22.2. The van der Waals surface area contributed by atoms with Crippen LogP contribution in [0.5, 0.6) is 5.75 Å². The van der Waals surface area contributed by atoms with Gasteiger partial charge in [0.15, 0.2) is 0 Å². The molecule has 1 aromatic heterocycles. The van der Waals surface area contributed by atoms with Crippen molar-refractivity contribution in [1.82, 2.24) is 9.29 Å². The Morgan fingerprint density at radius 3 is 2.46 bits per heavy atom. The van der Waals surface area contributed by atoms with E-state index in [4.69, 9.17) is 4.74 Å². The number of amides is 1. The van der Waals surface area contributed by atoms with Crippen LogP contribution in [0.15, 0.2) is 52.5 Å². The Morgan fingerprint density at radius 1 is 1.14 bits per heavy atom. The van der Waals surface area contributed by atoms with Gasteiger partial charge >= 0.3 is 0 Å². The summed E-state index contributed by atoms with van der Waals surface area (Å²) in [5.74, 6) is 0.571. The first-order chi connectivity index (χ1) is 13.4. The molecule has 0 radical (unpaired) electrons. The van der Waals surface area contributed by atoms with Crippen molar-refractivity contribution in [3.8, 4) is 5.75 Å². The molecule has 28 heavy (non-hydrogen) atoms. The number of carbonyl (C=O) groups is 1. The maximum absolute atomic E-state index is 12.5. The SMILES string of the molecule is CCOc1ccccc1NC(=O)CSc1ccc(S(=O)(=O)N(CC)CC)cn1. The van der Waals surface area contributed by atoms with Crippen molar-refractivity contribution in [3.63, 3.8) is 0 Å². The molecule has 2 aromatic rings. The van der Waals surface area contributed by atoms with Crippen molar-refractivity contribution in [2.24, 2.45) is 0 Å². The molecule has 0 fully saturated rings. The third-order valence-electron chi connectivity index (χ3n) is 3.86. The van der Waals surface area contributed by atoms with E-state index < -0.39 is 10.0 Å². The molecule has 7 nitrogen and oxygen atoms in total. The number of pyridine rings is 1. The predicted molar refractivity (Wildman–Crippen MR) is 111 cm³/mol. The van der Waals surface area contributed by atoms with E-state index >= 15 is 0 Å². The number of benzene rings is 1. The van der Waals surface area contributed by atoms with Gasteiger partial charge in [-0.05, 0) is 31.2 Å². The molecule has 0 bridgehead atoms.